The average Bonchev–Trinajstić information content (AvgIpc) is 3.31. The van der Waals surface area contributed by atoms with Crippen LogP contribution in [0.2, 0.25) is 0 Å². The van der Waals surface area contributed by atoms with Crippen LogP contribution in [0.1, 0.15) is 28.9 Å². The Morgan fingerprint density at radius 2 is 1.71 bits per heavy atom. The van der Waals surface area contributed by atoms with E-state index in [4.69, 9.17) is 0 Å². The van der Waals surface area contributed by atoms with Gasteiger partial charge in [0.05, 0.1) is 34.5 Å². The highest BCUT2D eigenvalue weighted by molar-refractivity contribution is 7.89. The number of sulfonamides is 1. The maximum Gasteiger partial charge on any atom is 0.337 e. The summed E-state index contributed by atoms with van der Waals surface area (Å²) in [4.78, 5) is 11.8. The minimum atomic E-state index is -3.64. The van der Waals surface area contributed by atoms with Crippen LogP contribution in [0, 0.1) is 0 Å². The van der Waals surface area contributed by atoms with Gasteiger partial charge in [0.15, 0.2) is 0 Å². The number of anilines is 1. The Morgan fingerprint density at radius 3 is 2.42 bits per heavy atom. The smallest absolute Gasteiger partial charge is 0.337 e. The number of nitrogens with one attached hydrogen (secondary N) is 1. The van der Waals surface area contributed by atoms with Crippen molar-refractivity contribution < 1.29 is 17.9 Å². The lowest BCUT2D eigenvalue weighted by atomic mass is 9.83. The van der Waals surface area contributed by atoms with Gasteiger partial charge in [0.1, 0.15) is 0 Å². The molecule has 1 fully saturated rings. The summed E-state index contributed by atoms with van der Waals surface area (Å²) in [6.45, 7) is 0.808. The number of esters is 1. The van der Waals surface area contributed by atoms with Gasteiger partial charge in [-0.1, -0.05) is 12.1 Å². The fourth-order valence-corrected chi connectivity index (χ4v) is 6.05. The maximum atomic E-state index is 13.2. The molecule has 0 atom stereocenters. The SMILES string of the molecule is COC(=O)c1ccc(S(=O)(=O)N2CCC3(CC2)Nc2ccccc2-n2cccc23)cc1. The van der Waals surface area contributed by atoms with Gasteiger partial charge in [-0.3, -0.25) is 0 Å². The molecule has 1 aromatic heterocycles. The number of para-hydroxylation sites is 2. The van der Waals surface area contributed by atoms with Crippen LogP contribution in [0.4, 0.5) is 5.69 Å². The van der Waals surface area contributed by atoms with E-state index < -0.39 is 16.0 Å². The van der Waals surface area contributed by atoms with Gasteiger partial charge in [-0.15, -0.1) is 0 Å². The average molecular weight is 438 g/mol. The second-order valence-corrected chi connectivity index (χ2v) is 9.85. The second kappa shape index (κ2) is 7.25. The van der Waals surface area contributed by atoms with Gasteiger partial charge < -0.3 is 14.6 Å². The van der Waals surface area contributed by atoms with Crippen molar-refractivity contribution in [1.29, 1.82) is 0 Å². The number of hydrogen-bond acceptors (Lipinski definition) is 5. The van der Waals surface area contributed by atoms with Gasteiger partial charge in [-0.2, -0.15) is 4.31 Å². The summed E-state index contributed by atoms with van der Waals surface area (Å²) in [6.07, 6.45) is 3.37. The predicted octanol–water partition coefficient (Wildman–Crippen LogP) is 3.37. The number of piperidine rings is 1. The monoisotopic (exact) mass is 437 g/mol. The van der Waals surface area contributed by atoms with Gasteiger partial charge in [0.2, 0.25) is 10.0 Å². The molecule has 31 heavy (non-hydrogen) atoms. The first-order valence-corrected chi connectivity index (χ1v) is 11.6. The molecule has 0 unspecified atom stereocenters. The molecule has 0 bridgehead atoms. The molecule has 7 nitrogen and oxygen atoms in total. The number of carbonyl (C=O) groups is 1. The van der Waals surface area contributed by atoms with E-state index in [1.54, 1.807) is 0 Å². The molecule has 1 saturated heterocycles. The van der Waals surface area contributed by atoms with E-state index in [9.17, 15) is 13.2 Å². The Kier molecular flexibility index (Phi) is 4.64. The molecule has 1 N–H and O–H groups in total. The molecule has 2 aromatic carbocycles. The minimum Gasteiger partial charge on any atom is -0.465 e. The third kappa shape index (κ3) is 3.14. The molecular weight excluding hydrogens is 414 g/mol. The molecule has 2 aliphatic rings. The molecule has 0 aliphatic carbocycles. The first-order chi connectivity index (χ1) is 14.9. The zero-order chi connectivity index (χ0) is 21.6. The fraction of sp³-hybridized carbons (Fsp3) is 0.261. The van der Waals surface area contributed by atoms with Crippen LogP contribution >= 0.6 is 0 Å². The first-order valence-electron chi connectivity index (χ1n) is 10.2. The van der Waals surface area contributed by atoms with Gasteiger partial charge in [-0.25, -0.2) is 13.2 Å². The summed E-state index contributed by atoms with van der Waals surface area (Å²) >= 11 is 0. The molecule has 0 radical (unpaired) electrons. The lowest BCUT2D eigenvalue weighted by molar-refractivity contribution is 0.0600. The lowest BCUT2D eigenvalue weighted by Crippen LogP contribution is -2.50. The number of hydrogen-bond donors (Lipinski definition) is 1. The van der Waals surface area contributed by atoms with Crippen molar-refractivity contribution >= 4 is 21.7 Å². The predicted molar refractivity (Wildman–Crippen MR) is 117 cm³/mol. The number of methoxy groups -OCH3 is 1. The standard InChI is InChI=1S/C23H23N3O4S/c1-30-22(27)17-8-10-18(11-9-17)31(28,29)25-15-12-23(13-16-25)21-7-4-14-26(21)20-6-3-2-5-19(20)24-23/h2-11,14,24H,12-13,15-16H2,1H3. The number of aromatic nitrogens is 1. The number of rotatable bonds is 3. The number of carbonyl (C=O) groups excluding carboxylic acids is 1. The number of benzene rings is 2. The van der Waals surface area contributed by atoms with Crippen molar-refractivity contribution in [2.45, 2.75) is 23.3 Å². The van der Waals surface area contributed by atoms with Gasteiger partial charge >= 0.3 is 5.97 Å². The third-order valence-corrected chi connectivity index (χ3v) is 8.18. The van der Waals surface area contributed by atoms with Crippen LogP contribution < -0.4 is 5.32 Å². The van der Waals surface area contributed by atoms with Gasteiger partial charge in [0.25, 0.3) is 0 Å². The van der Waals surface area contributed by atoms with Crippen LogP contribution in [0.15, 0.2) is 71.8 Å². The van der Waals surface area contributed by atoms with Crippen molar-refractivity contribution in [3.8, 4) is 5.69 Å². The second-order valence-electron chi connectivity index (χ2n) is 7.91. The summed E-state index contributed by atoms with van der Waals surface area (Å²) in [5.41, 5.74) is 3.34. The highest BCUT2D eigenvalue weighted by atomic mass is 32.2. The minimum absolute atomic E-state index is 0.182. The fourth-order valence-electron chi connectivity index (χ4n) is 4.61. The third-order valence-electron chi connectivity index (χ3n) is 6.27. The van der Waals surface area contributed by atoms with E-state index in [-0.39, 0.29) is 10.4 Å². The molecule has 0 saturated carbocycles. The van der Waals surface area contributed by atoms with Crippen molar-refractivity contribution in [2.24, 2.45) is 0 Å². The van der Waals surface area contributed by atoms with Crippen molar-refractivity contribution in [1.82, 2.24) is 8.87 Å². The highest BCUT2D eigenvalue weighted by Gasteiger charge is 2.43. The van der Waals surface area contributed by atoms with E-state index in [2.05, 4.69) is 39.0 Å². The molecule has 0 amide bonds. The molecule has 8 heteroatoms. The van der Waals surface area contributed by atoms with Crippen LogP contribution in [-0.2, 0) is 20.3 Å². The number of fused-ring (bicyclic) bond motifs is 4. The van der Waals surface area contributed by atoms with Gasteiger partial charge in [0, 0.05) is 25.0 Å². The molecule has 2 aliphatic heterocycles. The van der Waals surface area contributed by atoms with E-state index in [0.717, 1.165) is 17.1 Å². The molecule has 3 heterocycles. The van der Waals surface area contributed by atoms with Crippen molar-refractivity contribution in [3.05, 3.63) is 78.1 Å². The summed E-state index contributed by atoms with van der Waals surface area (Å²) in [5, 5.41) is 3.70. The Bertz CT molecular complexity index is 1240. The quantitative estimate of drug-likeness (QED) is 0.636. The van der Waals surface area contributed by atoms with Crippen molar-refractivity contribution in [3.63, 3.8) is 0 Å². The summed E-state index contributed by atoms with van der Waals surface area (Å²) in [7, 11) is -2.35. The molecule has 3 aromatic rings. The Morgan fingerprint density at radius 1 is 1.00 bits per heavy atom. The topological polar surface area (TPSA) is 80.6 Å². The van der Waals surface area contributed by atoms with Crippen LogP contribution in [-0.4, -0.2) is 43.5 Å². The summed E-state index contributed by atoms with van der Waals surface area (Å²) in [6, 6.07) is 18.2. The molecular formula is C23H23N3O4S. The Labute approximate surface area is 181 Å². The molecule has 5 rings (SSSR count). The van der Waals surface area contributed by atoms with Crippen LogP contribution in [0.25, 0.3) is 5.69 Å². The zero-order valence-electron chi connectivity index (χ0n) is 17.1. The first kappa shape index (κ1) is 19.8. The van der Waals surface area contributed by atoms with E-state index in [1.165, 1.54) is 35.7 Å². The van der Waals surface area contributed by atoms with E-state index in [0.29, 0.717) is 31.5 Å². The molecule has 1 spiro atoms. The van der Waals surface area contributed by atoms with Crippen LogP contribution in [0.5, 0.6) is 0 Å². The van der Waals surface area contributed by atoms with E-state index >= 15 is 0 Å². The number of nitrogens with zero attached hydrogens (tertiary/aromatic N) is 2. The van der Waals surface area contributed by atoms with Gasteiger partial charge in [-0.05, 0) is 61.4 Å². The van der Waals surface area contributed by atoms with Crippen molar-refractivity contribution in [2.75, 3.05) is 25.5 Å². The summed E-state index contributed by atoms with van der Waals surface area (Å²) < 4.78 is 34.8. The zero-order valence-corrected chi connectivity index (χ0v) is 17.9. The summed E-state index contributed by atoms with van der Waals surface area (Å²) in [5.74, 6) is -0.490. The maximum absolute atomic E-state index is 13.2. The highest BCUT2D eigenvalue weighted by Crippen LogP contribution is 2.43. The normalized spacial score (nSPS) is 17.5. The Hall–Kier alpha value is -3.10. The molecule has 160 valence electrons. The van der Waals surface area contributed by atoms with Crippen LogP contribution in [0.3, 0.4) is 0 Å². The number of ether oxygens (including phenoxy) is 1. The largest absolute Gasteiger partial charge is 0.465 e. The Balaban J connectivity index is 1.39. The van der Waals surface area contributed by atoms with E-state index in [1.807, 2.05) is 18.2 Å². The lowest BCUT2D eigenvalue weighted by Gasteiger charge is -2.45.